The fraction of sp³-hybridized carbons (Fsp3) is 0.294. The minimum atomic E-state index is -0.353. The Kier molecular flexibility index (Phi) is 4.41. The van der Waals surface area contributed by atoms with E-state index in [4.69, 9.17) is 0 Å². The molecular formula is C17H17N5O2S2. The molecule has 4 rings (SSSR count). The predicted octanol–water partition coefficient (Wildman–Crippen LogP) is 2.85. The van der Waals surface area contributed by atoms with Crippen LogP contribution in [0.5, 0.6) is 0 Å². The van der Waals surface area contributed by atoms with Crippen molar-refractivity contribution in [2.45, 2.75) is 10.8 Å². The fourth-order valence-corrected chi connectivity index (χ4v) is 4.28. The summed E-state index contributed by atoms with van der Waals surface area (Å²) in [5, 5.41) is 6.96. The number of likely N-dealkylation sites (tertiary alicyclic amines) is 1. The van der Waals surface area contributed by atoms with Crippen LogP contribution in [-0.2, 0) is 7.05 Å². The summed E-state index contributed by atoms with van der Waals surface area (Å²) >= 11 is 3.21. The zero-order valence-electron chi connectivity index (χ0n) is 14.4. The van der Waals surface area contributed by atoms with Crippen molar-refractivity contribution in [2.75, 3.05) is 24.7 Å². The van der Waals surface area contributed by atoms with Gasteiger partial charge in [0.15, 0.2) is 4.34 Å². The first-order chi connectivity index (χ1) is 12.6. The molecule has 0 aliphatic carbocycles. The van der Waals surface area contributed by atoms with Crippen molar-refractivity contribution >= 4 is 50.8 Å². The Balaban J connectivity index is 1.60. The first-order valence-electron chi connectivity index (χ1n) is 8.14. The Labute approximate surface area is 158 Å². The van der Waals surface area contributed by atoms with Crippen molar-refractivity contribution in [3.8, 4) is 0 Å². The zero-order valence-corrected chi connectivity index (χ0v) is 16.0. The van der Waals surface area contributed by atoms with Gasteiger partial charge in [-0.15, -0.1) is 11.3 Å². The summed E-state index contributed by atoms with van der Waals surface area (Å²) in [6.07, 6.45) is 4.45. The molecule has 7 nitrogen and oxygen atoms in total. The quantitative estimate of drug-likeness (QED) is 0.697. The molecule has 0 spiro atoms. The van der Waals surface area contributed by atoms with E-state index in [9.17, 15) is 9.59 Å². The number of hydrogen-bond acceptors (Lipinski definition) is 6. The monoisotopic (exact) mass is 387 g/mol. The maximum atomic E-state index is 12.8. The van der Waals surface area contributed by atoms with Crippen molar-refractivity contribution in [1.29, 1.82) is 0 Å². The molecule has 2 aromatic heterocycles. The maximum Gasteiger partial charge on any atom is 0.274 e. The molecular weight excluding hydrogens is 370 g/mol. The molecule has 2 amide bonds. The molecule has 0 saturated carbocycles. The van der Waals surface area contributed by atoms with E-state index in [1.54, 1.807) is 35.0 Å². The molecule has 1 N–H and O–H groups in total. The average molecular weight is 387 g/mol. The van der Waals surface area contributed by atoms with Crippen molar-refractivity contribution < 1.29 is 9.59 Å². The molecule has 0 atom stereocenters. The van der Waals surface area contributed by atoms with E-state index in [-0.39, 0.29) is 17.5 Å². The van der Waals surface area contributed by atoms with Gasteiger partial charge in [0.2, 0.25) is 0 Å². The van der Waals surface area contributed by atoms with E-state index in [2.05, 4.69) is 15.4 Å². The molecule has 26 heavy (non-hydrogen) atoms. The number of nitrogens with one attached hydrogen (secondary N) is 1. The SMILES string of the molecule is CSc1nc2cc(NC(=O)c3c(C(=O)N4CCC4)cnn3C)ccc2s1. The van der Waals surface area contributed by atoms with Gasteiger partial charge in [0.1, 0.15) is 5.69 Å². The molecule has 134 valence electrons. The average Bonchev–Trinajstić information content (AvgIpc) is 3.15. The number of carbonyl (C=O) groups is 2. The van der Waals surface area contributed by atoms with Gasteiger partial charge in [0.05, 0.1) is 22.0 Å². The van der Waals surface area contributed by atoms with Crippen molar-refractivity contribution in [3.63, 3.8) is 0 Å². The van der Waals surface area contributed by atoms with Crippen LogP contribution in [0.15, 0.2) is 28.7 Å². The fourth-order valence-electron chi connectivity index (χ4n) is 2.81. The van der Waals surface area contributed by atoms with Gasteiger partial charge in [-0.3, -0.25) is 14.3 Å². The number of amides is 2. The second-order valence-electron chi connectivity index (χ2n) is 6.00. The Morgan fingerprint density at radius 2 is 2.12 bits per heavy atom. The molecule has 0 radical (unpaired) electrons. The minimum absolute atomic E-state index is 0.144. The largest absolute Gasteiger partial charge is 0.338 e. The Bertz CT molecular complexity index is 1010. The van der Waals surface area contributed by atoms with Gasteiger partial charge in [-0.1, -0.05) is 11.8 Å². The lowest BCUT2D eigenvalue weighted by atomic mass is 10.1. The van der Waals surface area contributed by atoms with Crippen LogP contribution >= 0.6 is 23.1 Å². The highest BCUT2D eigenvalue weighted by atomic mass is 32.2. The number of benzene rings is 1. The molecule has 0 unspecified atom stereocenters. The van der Waals surface area contributed by atoms with Crippen LogP contribution < -0.4 is 5.32 Å². The number of nitrogens with zero attached hydrogens (tertiary/aromatic N) is 4. The summed E-state index contributed by atoms with van der Waals surface area (Å²) in [4.78, 5) is 31.5. The molecule has 1 aromatic carbocycles. The molecule has 1 fully saturated rings. The summed E-state index contributed by atoms with van der Waals surface area (Å²) in [7, 11) is 1.66. The highest BCUT2D eigenvalue weighted by Gasteiger charge is 2.28. The summed E-state index contributed by atoms with van der Waals surface area (Å²) in [6.45, 7) is 1.46. The second kappa shape index (κ2) is 6.73. The van der Waals surface area contributed by atoms with E-state index >= 15 is 0 Å². The van der Waals surface area contributed by atoms with Gasteiger partial charge in [-0.2, -0.15) is 5.10 Å². The Morgan fingerprint density at radius 1 is 1.31 bits per heavy atom. The van der Waals surface area contributed by atoms with Crippen LogP contribution in [0.25, 0.3) is 10.2 Å². The number of aromatic nitrogens is 3. The molecule has 1 aliphatic heterocycles. The summed E-state index contributed by atoms with van der Waals surface area (Å²) < 4.78 is 3.49. The minimum Gasteiger partial charge on any atom is -0.338 e. The van der Waals surface area contributed by atoms with Gasteiger partial charge in [-0.05, 0) is 30.9 Å². The third-order valence-corrected chi connectivity index (χ3v) is 6.35. The van der Waals surface area contributed by atoms with Crippen LogP contribution in [0.3, 0.4) is 0 Å². The number of thioether (sulfide) groups is 1. The molecule has 3 heterocycles. The van der Waals surface area contributed by atoms with E-state index in [1.165, 1.54) is 10.9 Å². The number of aryl methyl sites for hydroxylation is 1. The zero-order chi connectivity index (χ0) is 18.3. The first kappa shape index (κ1) is 17.0. The van der Waals surface area contributed by atoms with Crippen molar-refractivity contribution in [1.82, 2.24) is 19.7 Å². The van der Waals surface area contributed by atoms with E-state index in [1.807, 2.05) is 24.5 Å². The first-order valence-corrected chi connectivity index (χ1v) is 10.2. The highest BCUT2D eigenvalue weighted by molar-refractivity contribution is 8.00. The number of thiazole rings is 1. The van der Waals surface area contributed by atoms with Crippen molar-refractivity contribution in [2.24, 2.45) is 7.05 Å². The molecule has 1 saturated heterocycles. The molecule has 0 bridgehead atoms. The van der Waals surface area contributed by atoms with Gasteiger partial charge < -0.3 is 10.2 Å². The van der Waals surface area contributed by atoms with Gasteiger partial charge in [0.25, 0.3) is 11.8 Å². The predicted molar refractivity (Wildman–Crippen MR) is 103 cm³/mol. The number of fused-ring (bicyclic) bond motifs is 1. The molecule has 9 heteroatoms. The van der Waals surface area contributed by atoms with Gasteiger partial charge in [0, 0.05) is 25.8 Å². The van der Waals surface area contributed by atoms with E-state index in [0.29, 0.717) is 11.3 Å². The number of carbonyl (C=O) groups excluding carboxylic acids is 2. The number of anilines is 1. The normalized spacial score (nSPS) is 13.7. The van der Waals surface area contributed by atoms with Crippen LogP contribution in [-0.4, -0.2) is 50.8 Å². The van der Waals surface area contributed by atoms with Gasteiger partial charge in [-0.25, -0.2) is 4.98 Å². The molecule has 1 aliphatic rings. The van der Waals surface area contributed by atoms with Crippen LogP contribution in [0.4, 0.5) is 5.69 Å². The third-order valence-electron chi connectivity index (χ3n) is 4.33. The van der Waals surface area contributed by atoms with Crippen molar-refractivity contribution in [3.05, 3.63) is 35.7 Å². The smallest absolute Gasteiger partial charge is 0.274 e. The molecule has 3 aromatic rings. The van der Waals surface area contributed by atoms with Crippen LogP contribution in [0.2, 0.25) is 0 Å². The third kappa shape index (κ3) is 2.97. The van der Waals surface area contributed by atoms with Gasteiger partial charge >= 0.3 is 0 Å². The van der Waals surface area contributed by atoms with E-state index in [0.717, 1.165) is 34.1 Å². The Morgan fingerprint density at radius 3 is 2.81 bits per heavy atom. The number of hydrogen-bond donors (Lipinski definition) is 1. The maximum absolute atomic E-state index is 12.8. The second-order valence-corrected chi connectivity index (χ2v) is 8.08. The topological polar surface area (TPSA) is 80.1 Å². The van der Waals surface area contributed by atoms with Crippen LogP contribution in [0, 0.1) is 0 Å². The number of rotatable bonds is 4. The lowest BCUT2D eigenvalue weighted by Crippen LogP contribution is -2.42. The summed E-state index contributed by atoms with van der Waals surface area (Å²) in [5.74, 6) is -0.498. The standard InChI is InChI=1S/C17H17N5O2S2/c1-21-14(11(9-18-21)16(24)22-6-3-7-22)15(23)19-10-4-5-13-12(8-10)20-17(25-2)26-13/h4-5,8-9H,3,6-7H2,1-2H3,(H,19,23). The summed E-state index contributed by atoms with van der Waals surface area (Å²) in [6, 6.07) is 5.63. The highest BCUT2D eigenvalue weighted by Crippen LogP contribution is 2.30. The lowest BCUT2D eigenvalue weighted by molar-refractivity contribution is 0.0648. The lowest BCUT2D eigenvalue weighted by Gasteiger charge is -2.30. The van der Waals surface area contributed by atoms with Crippen LogP contribution in [0.1, 0.15) is 27.3 Å². The summed E-state index contributed by atoms with van der Waals surface area (Å²) in [5.41, 5.74) is 2.09. The van der Waals surface area contributed by atoms with E-state index < -0.39 is 0 Å². The Hall–Kier alpha value is -2.39.